The molecule has 0 saturated heterocycles. The Balaban J connectivity index is 1.79. The highest BCUT2D eigenvalue weighted by Crippen LogP contribution is 2.23. The zero-order valence-electron chi connectivity index (χ0n) is 16.6. The van der Waals surface area contributed by atoms with Crippen molar-refractivity contribution in [2.24, 2.45) is 5.73 Å². The lowest BCUT2D eigenvalue weighted by molar-refractivity contribution is 0.0894. The van der Waals surface area contributed by atoms with Crippen molar-refractivity contribution in [3.8, 4) is 5.75 Å². The Morgan fingerprint density at radius 2 is 1.89 bits per heavy atom. The highest BCUT2D eigenvalue weighted by Gasteiger charge is 2.21. The van der Waals surface area contributed by atoms with Crippen LogP contribution in [-0.4, -0.2) is 31.0 Å². The molecule has 0 spiro atoms. The summed E-state index contributed by atoms with van der Waals surface area (Å²) >= 11 is 0. The molecule has 0 saturated carbocycles. The Morgan fingerprint density at radius 1 is 1.11 bits per heavy atom. The number of rotatable bonds is 12. The first-order valence-electron chi connectivity index (χ1n) is 9.79. The largest absolute Gasteiger partial charge is 0.494 e. The van der Waals surface area contributed by atoms with E-state index < -0.39 is 5.54 Å². The minimum Gasteiger partial charge on any atom is -0.494 e. The first-order valence-corrected chi connectivity index (χ1v) is 9.79. The highest BCUT2D eigenvalue weighted by molar-refractivity contribution is 5.28. The number of benzene rings is 2. The van der Waals surface area contributed by atoms with Gasteiger partial charge in [-0.25, -0.2) is 0 Å². The molecule has 0 aliphatic carbocycles. The molecule has 4 nitrogen and oxygen atoms in total. The Kier molecular flexibility index (Phi) is 8.79. The quantitative estimate of drug-likeness (QED) is 0.547. The van der Waals surface area contributed by atoms with E-state index in [1.807, 2.05) is 37.3 Å². The molecule has 4 heteroatoms. The fraction of sp³-hybridized carbons (Fsp3) is 0.478. The molecule has 0 bridgehead atoms. The summed E-state index contributed by atoms with van der Waals surface area (Å²) in [5.41, 5.74) is 8.07. The van der Waals surface area contributed by atoms with E-state index in [1.54, 1.807) is 7.11 Å². The van der Waals surface area contributed by atoms with Crippen LogP contribution in [-0.2, 0) is 11.2 Å². The number of ether oxygens (including phenoxy) is 2. The third kappa shape index (κ3) is 6.98. The lowest BCUT2D eigenvalue weighted by Gasteiger charge is -2.25. The van der Waals surface area contributed by atoms with E-state index in [9.17, 15) is 5.11 Å². The molecule has 0 amide bonds. The molecule has 0 aliphatic heterocycles. The van der Waals surface area contributed by atoms with Crippen LogP contribution in [0.1, 0.15) is 49.8 Å². The predicted molar refractivity (Wildman–Crippen MR) is 110 cm³/mol. The van der Waals surface area contributed by atoms with E-state index >= 15 is 0 Å². The molecular formula is C23H33NO3. The fourth-order valence-electron chi connectivity index (χ4n) is 3.10. The third-order valence-corrected chi connectivity index (χ3v) is 5.16. The Hall–Kier alpha value is -1.88. The molecule has 2 atom stereocenters. The van der Waals surface area contributed by atoms with Gasteiger partial charge in [0.05, 0.1) is 19.3 Å². The van der Waals surface area contributed by atoms with Crippen molar-refractivity contribution in [2.45, 2.75) is 50.7 Å². The SMILES string of the molecule is CC[C@](N)(CO)CCc1cccc(OCCCC(OC)c2ccccc2)c1. The van der Waals surface area contributed by atoms with Gasteiger partial charge in [-0.2, -0.15) is 0 Å². The van der Waals surface area contributed by atoms with Gasteiger partial charge in [0.1, 0.15) is 5.75 Å². The molecule has 1 unspecified atom stereocenters. The van der Waals surface area contributed by atoms with E-state index in [0.29, 0.717) is 6.61 Å². The second-order valence-corrected chi connectivity index (χ2v) is 7.15. The minimum atomic E-state index is -0.497. The number of nitrogens with two attached hydrogens (primary N) is 1. The molecule has 0 fully saturated rings. The van der Waals surface area contributed by atoms with Crippen molar-refractivity contribution in [1.29, 1.82) is 0 Å². The van der Waals surface area contributed by atoms with E-state index in [1.165, 1.54) is 11.1 Å². The molecule has 0 heterocycles. The van der Waals surface area contributed by atoms with Crippen molar-refractivity contribution in [1.82, 2.24) is 0 Å². The van der Waals surface area contributed by atoms with Gasteiger partial charge in [0.2, 0.25) is 0 Å². The van der Waals surface area contributed by atoms with Crippen LogP contribution in [0.25, 0.3) is 0 Å². The van der Waals surface area contributed by atoms with E-state index in [2.05, 4.69) is 24.3 Å². The predicted octanol–water partition coefficient (Wildman–Crippen LogP) is 4.27. The van der Waals surface area contributed by atoms with Gasteiger partial charge in [-0.15, -0.1) is 0 Å². The normalized spacial score (nSPS) is 14.5. The smallest absolute Gasteiger partial charge is 0.119 e. The van der Waals surface area contributed by atoms with Crippen molar-refractivity contribution in [2.75, 3.05) is 20.3 Å². The lowest BCUT2D eigenvalue weighted by Crippen LogP contribution is -2.43. The van der Waals surface area contributed by atoms with Gasteiger partial charge in [-0.1, -0.05) is 49.4 Å². The summed E-state index contributed by atoms with van der Waals surface area (Å²) in [5, 5.41) is 9.45. The van der Waals surface area contributed by atoms with E-state index in [4.69, 9.17) is 15.2 Å². The number of methoxy groups -OCH3 is 1. The number of hydrogen-bond acceptors (Lipinski definition) is 4. The molecular weight excluding hydrogens is 338 g/mol. The molecule has 0 aliphatic rings. The van der Waals surface area contributed by atoms with E-state index in [0.717, 1.165) is 37.9 Å². The summed E-state index contributed by atoms with van der Waals surface area (Å²) in [5.74, 6) is 0.879. The first kappa shape index (κ1) is 21.4. The van der Waals surface area contributed by atoms with Crippen molar-refractivity contribution in [3.63, 3.8) is 0 Å². The average molecular weight is 372 g/mol. The van der Waals surface area contributed by atoms with Gasteiger partial charge in [0, 0.05) is 12.6 Å². The zero-order valence-corrected chi connectivity index (χ0v) is 16.6. The Morgan fingerprint density at radius 3 is 2.56 bits per heavy atom. The molecule has 2 aromatic rings. The van der Waals surface area contributed by atoms with Crippen LogP contribution in [0.5, 0.6) is 5.75 Å². The molecule has 27 heavy (non-hydrogen) atoms. The zero-order chi connectivity index (χ0) is 19.5. The van der Waals surface area contributed by atoms with Crippen molar-refractivity contribution in [3.05, 3.63) is 65.7 Å². The number of hydrogen-bond donors (Lipinski definition) is 2. The minimum absolute atomic E-state index is 0.0156. The van der Waals surface area contributed by atoms with Gasteiger partial charge in [0.25, 0.3) is 0 Å². The maximum absolute atomic E-state index is 9.45. The maximum Gasteiger partial charge on any atom is 0.119 e. The van der Waals surface area contributed by atoms with Gasteiger partial charge in [-0.3, -0.25) is 0 Å². The van der Waals surface area contributed by atoms with E-state index in [-0.39, 0.29) is 12.7 Å². The molecule has 0 aromatic heterocycles. The standard InChI is InChI=1S/C23H33NO3/c1-3-23(24,18-25)15-14-19-9-7-12-21(17-19)27-16-8-13-22(26-2)20-10-5-4-6-11-20/h4-7,9-12,17,22,25H,3,8,13-16,18,24H2,1-2H3/t22?,23-/m1/s1. The molecule has 2 rings (SSSR count). The Bertz CT molecular complexity index is 656. The number of aliphatic hydroxyl groups is 1. The summed E-state index contributed by atoms with van der Waals surface area (Å²) in [6.45, 7) is 2.68. The van der Waals surface area contributed by atoms with Crippen molar-refractivity contribution < 1.29 is 14.6 Å². The summed E-state index contributed by atoms with van der Waals surface area (Å²) in [6.07, 6.45) is 4.30. The molecule has 148 valence electrons. The second-order valence-electron chi connectivity index (χ2n) is 7.15. The van der Waals surface area contributed by atoms with Gasteiger partial charge >= 0.3 is 0 Å². The lowest BCUT2D eigenvalue weighted by atomic mass is 9.90. The second kappa shape index (κ2) is 11.1. The summed E-state index contributed by atoms with van der Waals surface area (Å²) in [6, 6.07) is 18.4. The van der Waals surface area contributed by atoms with Crippen LogP contribution in [0.4, 0.5) is 0 Å². The van der Waals surface area contributed by atoms with Gasteiger partial charge < -0.3 is 20.3 Å². The van der Waals surface area contributed by atoms with Gasteiger partial charge in [-0.05, 0) is 55.4 Å². The highest BCUT2D eigenvalue weighted by atomic mass is 16.5. The Labute approximate surface area is 163 Å². The van der Waals surface area contributed by atoms with Crippen LogP contribution in [0.3, 0.4) is 0 Å². The maximum atomic E-state index is 9.45. The van der Waals surface area contributed by atoms with Gasteiger partial charge in [0.15, 0.2) is 0 Å². The summed E-state index contributed by atoms with van der Waals surface area (Å²) < 4.78 is 11.5. The number of aliphatic hydroxyl groups excluding tert-OH is 1. The summed E-state index contributed by atoms with van der Waals surface area (Å²) in [7, 11) is 1.75. The van der Waals surface area contributed by atoms with Crippen LogP contribution in [0.2, 0.25) is 0 Å². The summed E-state index contributed by atoms with van der Waals surface area (Å²) in [4.78, 5) is 0. The molecule has 2 aromatic carbocycles. The molecule has 3 N–H and O–H groups in total. The topological polar surface area (TPSA) is 64.7 Å². The average Bonchev–Trinajstić information content (AvgIpc) is 2.73. The van der Waals surface area contributed by atoms with Crippen LogP contribution < -0.4 is 10.5 Å². The van der Waals surface area contributed by atoms with Crippen LogP contribution in [0.15, 0.2) is 54.6 Å². The van der Waals surface area contributed by atoms with Crippen LogP contribution >= 0.6 is 0 Å². The number of aryl methyl sites for hydroxylation is 1. The monoisotopic (exact) mass is 371 g/mol. The molecule has 0 radical (unpaired) electrons. The fourth-order valence-corrected chi connectivity index (χ4v) is 3.10. The van der Waals surface area contributed by atoms with Crippen LogP contribution in [0, 0.1) is 0 Å². The first-order chi connectivity index (χ1) is 13.1. The third-order valence-electron chi connectivity index (χ3n) is 5.16. The van der Waals surface area contributed by atoms with Crippen molar-refractivity contribution >= 4 is 0 Å².